The van der Waals surface area contributed by atoms with Gasteiger partial charge in [-0.2, -0.15) is 0 Å². The molecule has 2 aromatic rings. The first-order valence-corrected chi connectivity index (χ1v) is 8.37. The number of hydrogen-bond donors (Lipinski definition) is 1. The minimum absolute atomic E-state index is 0.0327. The lowest BCUT2D eigenvalue weighted by atomic mass is 9.99. The fraction of sp³-hybridized carbons (Fsp3) is 0.611. The minimum atomic E-state index is -0.0327. The Hall–Kier alpha value is -1.51. The summed E-state index contributed by atoms with van der Waals surface area (Å²) in [5.41, 5.74) is 4.67. The Morgan fingerprint density at radius 3 is 2.19 bits per heavy atom. The molecular formula is C18H32N2O. The summed E-state index contributed by atoms with van der Waals surface area (Å²) in [5, 5.41) is 0. The normalized spacial score (nSPS) is 9.67. The highest BCUT2D eigenvalue weighted by Gasteiger charge is 2.08. The summed E-state index contributed by atoms with van der Waals surface area (Å²) in [4.78, 5) is 14.5. The van der Waals surface area contributed by atoms with Crippen LogP contribution in [0.4, 0.5) is 0 Å². The van der Waals surface area contributed by atoms with Crippen molar-refractivity contribution in [2.75, 3.05) is 0 Å². The highest BCUT2D eigenvalue weighted by atomic mass is 16.1. The van der Waals surface area contributed by atoms with Crippen LogP contribution < -0.4 is 5.69 Å². The first-order chi connectivity index (χ1) is 10.2. The van der Waals surface area contributed by atoms with Crippen LogP contribution in [-0.2, 0) is 19.9 Å². The number of unbranched alkanes of at least 4 members (excludes halogenated alkanes) is 1. The van der Waals surface area contributed by atoms with E-state index in [1.54, 1.807) is 4.57 Å². The SMILES string of the molecule is CC.CC.CCCCc1cc2[nH]c(=O)n(C)c2cc1CC. The van der Waals surface area contributed by atoms with E-state index in [1.807, 2.05) is 34.7 Å². The van der Waals surface area contributed by atoms with Crippen molar-refractivity contribution in [1.29, 1.82) is 0 Å². The number of hydrogen-bond acceptors (Lipinski definition) is 1. The number of nitrogens with one attached hydrogen (secondary N) is 1. The Bertz CT molecular complexity index is 579. The molecule has 0 aliphatic heterocycles. The van der Waals surface area contributed by atoms with Gasteiger partial charge in [0.15, 0.2) is 0 Å². The number of nitrogens with zero attached hydrogens (tertiary/aromatic N) is 1. The van der Waals surface area contributed by atoms with Gasteiger partial charge in [-0.1, -0.05) is 48.0 Å². The summed E-state index contributed by atoms with van der Waals surface area (Å²) >= 11 is 0. The number of aryl methyl sites for hydroxylation is 3. The summed E-state index contributed by atoms with van der Waals surface area (Å²) in [6.45, 7) is 12.4. The lowest BCUT2D eigenvalue weighted by Gasteiger charge is -2.08. The van der Waals surface area contributed by atoms with Crippen molar-refractivity contribution in [1.82, 2.24) is 9.55 Å². The van der Waals surface area contributed by atoms with Crippen LogP contribution in [0, 0.1) is 0 Å². The summed E-state index contributed by atoms with van der Waals surface area (Å²) in [7, 11) is 1.81. The van der Waals surface area contributed by atoms with Crippen LogP contribution in [0.2, 0.25) is 0 Å². The largest absolute Gasteiger partial charge is 0.326 e. The third-order valence-electron chi connectivity index (χ3n) is 3.41. The number of benzene rings is 1. The fourth-order valence-corrected chi connectivity index (χ4v) is 2.29. The fourth-order valence-electron chi connectivity index (χ4n) is 2.29. The Morgan fingerprint density at radius 1 is 1.05 bits per heavy atom. The second-order valence-electron chi connectivity index (χ2n) is 4.58. The van der Waals surface area contributed by atoms with E-state index in [4.69, 9.17) is 0 Å². The molecule has 0 saturated heterocycles. The average molecular weight is 292 g/mol. The molecule has 0 aliphatic carbocycles. The van der Waals surface area contributed by atoms with Gasteiger partial charge in [0.1, 0.15) is 0 Å². The van der Waals surface area contributed by atoms with Crippen LogP contribution in [-0.4, -0.2) is 9.55 Å². The zero-order valence-corrected chi connectivity index (χ0v) is 14.8. The maximum absolute atomic E-state index is 11.6. The van der Waals surface area contributed by atoms with Crippen molar-refractivity contribution in [3.63, 3.8) is 0 Å². The molecule has 120 valence electrons. The number of H-pyrrole nitrogens is 1. The van der Waals surface area contributed by atoms with Gasteiger partial charge in [-0.25, -0.2) is 4.79 Å². The van der Waals surface area contributed by atoms with Crippen molar-refractivity contribution in [2.45, 2.75) is 67.2 Å². The van der Waals surface area contributed by atoms with E-state index in [1.165, 1.54) is 24.0 Å². The summed E-state index contributed by atoms with van der Waals surface area (Å²) in [6.07, 6.45) is 4.53. The van der Waals surface area contributed by atoms with E-state index in [-0.39, 0.29) is 5.69 Å². The Labute approximate surface area is 129 Å². The molecule has 3 heteroatoms. The molecule has 0 spiro atoms. The van der Waals surface area contributed by atoms with Crippen LogP contribution in [0.15, 0.2) is 16.9 Å². The predicted octanol–water partition coefficient (Wildman–Crippen LogP) is 4.82. The molecule has 0 atom stereocenters. The van der Waals surface area contributed by atoms with Crippen LogP contribution in [0.25, 0.3) is 11.0 Å². The van der Waals surface area contributed by atoms with Crippen LogP contribution in [0.1, 0.15) is 65.5 Å². The van der Waals surface area contributed by atoms with Gasteiger partial charge >= 0.3 is 5.69 Å². The monoisotopic (exact) mass is 292 g/mol. The molecule has 0 fully saturated rings. The van der Waals surface area contributed by atoms with E-state index >= 15 is 0 Å². The van der Waals surface area contributed by atoms with E-state index in [2.05, 4.69) is 31.0 Å². The predicted molar refractivity (Wildman–Crippen MR) is 94.2 cm³/mol. The van der Waals surface area contributed by atoms with Crippen molar-refractivity contribution in [2.24, 2.45) is 7.05 Å². The molecular weight excluding hydrogens is 260 g/mol. The van der Waals surface area contributed by atoms with Gasteiger partial charge in [0.05, 0.1) is 11.0 Å². The Balaban J connectivity index is 0.000000921. The quantitative estimate of drug-likeness (QED) is 0.861. The van der Waals surface area contributed by atoms with E-state index in [9.17, 15) is 4.79 Å². The molecule has 1 N–H and O–H groups in total. The zero-order valence-electron chi connectivity index (χ0n) is 14.8. The van der Waals surface area contributed by atoms with Crippen LogP contribution >= 0.6 is 0 Å². The maximum Gasteiger partial charge on any atom is 0.326 e. The minimum Gasteiger partial charge on any atom is -0.306 e. The lowest BCUT2D eigenvalue weighted by Crippen LogP contribution is -2.11. The van der Waals surface area contributed by atoms with Crippen molar-refractivity contribution in [3.8, 4) is 0 Å². The number of imidazole rings is 1. The second-order valence-corrected chi connectivity index (χ2v) is 4.58. The van der Waals surface area contributed by atoms with Crippen molar-refractivity contribution in [3.05, 3.63) is 33.7 Å². The molecule has 0 amide bonds. The number of rotatable bonds is 4. The third kappa shape index (κ3) is 4.76. The highest BCUT2D eigenvalue weighted by Crippen LogP contribution is 2.20. The maximum atomic E-state index is 11.6. The van der Waals surface area contributed by atoms with E-state index in [0.717, 1.165) is 23.9 Å². The van der Waals surface area contributed by atoms with Gasteiger partial charge in [-0.05, 0) is 42.5 Å². The molecule has 2 rings (SSSR count). The van der Waals surface area contributed by atoms with Gasteiger partial charge in [-0.3, -0.25) is 4.57 Å². The van der Waals surface area contributed by atoms with E-state index in [0.29, 0.717) is 0 Å². The summed E-state index contributed by atoms with van der Waals surface area (Å²) in [6, 6.07) is 4.30. The lowest BCUT2D eigenvalue weighted by molar-refractivity contribution is 0.788. The first kappa shape index (κ1) is 19.5. The topological polar surface area (TPSA) is 37.8 Å². The van der Waals surface area contributed by atoms with E-state index < -0.39 is 0 Å². The van der Waals surface area contributed by atoms with Gasteiger partial charge in [0.2, 0.25) is 0 Å². The summed E-state index contributed by atoms with van der Waals surface area (Å²) < 4.78 is 1.68. The molecule has 3 nitrogen and oxygen atoms in total. The number of aromatic amines is 1. The van der Waals surface area contributed by atoms with Gasteiger partial charge in [-0.15, -0.1) is 0 Å². The second kappa shape index (κ2) is 10.3. The van der Waals surface area contributed by atoms with Crippen LogP contribution in [0.3, 0.4) is 0 Å². The van der Waals surface area contributed by atoms with Gasteiger partial charge in [0, 0.05) is 7.05 Å². The third-order valence-corrected chi connectivity index (χ3v) is 3.41. The van der Waals surface area contributed by atoms with Crippen molar-refractivity contribution < 1.29 is 0 Å². The molecule has 21 heavy (non-hydrogen) atoms. The van der Waals surface area contributed by atoms with Crippen molar-refractivity contribution >= 4 is 11.0 Å². The molecule has 0 saturated carbocycles. The highest BCUT2D eigenvalue weighted by molar-refractivity contribution is 5.77. The standard InChI is InChI=1S/C14H20N2O.2C2H6/c1-4-6-7-11-8-12-13(9-10(11)5-2)16(3)14(17)15-12;2*1-2/h8-9H,4-7H2,1-3H3,(H,15,17);2*1-2H3. The smallest absolute Gasteiger partial charge is 0.306 e. The average Bonchev–Trinajstić information content (AvgIpc) is 2.82. The Kier molecular flexibility index (Phi) is 9.51. The van der Waals surface area contributed by atoms with Gasteiger partial charge < -0.3 is 4.98 Å². The molecule has 1 aromatic heterocycles. The number of fused-ring (bicyclic) bond motifs is 1. The number of aromatic nitrogens is 2. The molecule has 1 heterocycles. The Morgan fingerprint density at radius 2 is 1.67 bits per heavy atom. The van der Waals surface area contributed by atoms with Crippen LogP contribution in [0.5, 0.6) is 0 Å². The first-order valence-electron chi connectivity index (χ1n) is 8.37. The molecule has 0 unspecified atom stereocenters. The molecule has 0 aliphatic rings. The molecule has 1 aromatic carbocycles. The van der Waals surface area contributed by atoms with Gasteiger partial charge in [0.25, 0.3) is 0 Å². The molecule has 0 bridgehead atoms. The summed E-state index contributed by atoms with van der Waals surface area (Å²) in [5.74, 6) is 0. The zero-order chi connectivity index (χ0) is 16.4. The molecule has 0 radical (unpaired) electrons.